The van der Waals surface area contributed by atoms with E-state index >= 15 is 0 Å². The molecule has 0 bridgehead atoms. The molecule has 0 radical (unpaired) electrons. The Hall–Kier alpha value is -1.46. The summed E-state index contributed by atoms with van der Waals surface area (Å²) < 4.78 is 16.4. The van der Waals surface area contributed by atoms with Crippen LogP contribution in [0.4, 0.5) is 0 Å². The molecule has 1 aliphatic rings. The second-order valence-corrected chi connectivity index (χ2v) is 5.28. The van der Waals surface area contributed by atoms with Crippen molar-refractivity contribution in [2.24, 2.45) is 0 Å². The summed E-state index contributed by atoms with van der Waals surface area (Å²) in [5.41, 5.74) is 1.13. The molecule has 5 nitrogen and oxygen atoms in total. The van der Waals surface area contributed by atoms with E-state index in [1.54, 1.807) is 21.3 Å². The highest BCUT2D eigenvalue weighted by Gasteiger charge is 2.26. The predicted octanol–water partition coefficient (Wildman–Crippen LogP) is 1.90. The van der Waals surface area contributed by atoms with Gasteiger partial charge in [0.2, 0.25) is 5.75 Å². The van der Waals surface area contributed by atoms with Crippen molar-refractivity contribution < 1.29 is 14.2 Å². The van der Waals surface area contributed by atoms with E-state index in [1.807, 2.05) is 6.07 Å². The first-order valence-electron chi connectivity index (χ1n) is 7.47. The second kappa shape index (κ2) is 7.52. The number of ether oxygens (including phenoxy) is 3. The van der Waals surface area contributed by atoms with E-state index in [2.05, 4.69) is 23.2 Å². The zero-order valence-corrected chi connectivity index (χ0v) is 13.4. The van der Waals surface area contributed by atoms with E-state index < -0.39 is 0 Å². The number of hydrogen-bond donors (Lipinski definition) is 1. The Morgan fingerprint density at radius 1 is 1.10 bits per heavy atom. The molecule has 1 heterocycles. The summed E-state index contributed by atoms with van der Waals surface area (Å²) in [4.78, 5) is 2.50. The van der Waals surface area contributed by atoms with Crippen LogP contribution >= 0.6 is 0 Å². The number of methoxy groups -OCH3 is 3. The lowest BCUT2D eigenvalue weighted by atomic mass is 10.1. The highest BCUT2D eigenvalue weighted by molar-refractivity contribution is 5.55. The van der Waals surface area contributed by atoms with Gasteiger partial charge in [-0.1, -0.05) is 13.0 Å². The van der Waals surface area contributed by atoms with Crippen LogP contribution in [0, 0.1) is 0 Å². The molecule has 21 heavy (non-hydrogen) atoms. The van der Waals surface area contributed by atoms with E-state index in [0.717, 1.165) is 43.9 Å². The zero-order chi connectivity index (χ0) is 15.2. The first-order chi connectivity index (χ1) is 10.2. The SMILES string of the molecule is CCCN(Cc1ccc(OC)c(OC)c1OC)C1CNC1. The van der Waals surface area contributed by atoms with Crippen LogP contribution < -0.4 is 19.5 Å². The number of nitrogens with zero attached hydrogens (tertiary/aromatic N) is 1. The summed E-state index contributed by atoms with van der Waals surface area (Å²) in [6.07, 6.45) is 1.14. The Labute approximate surface area is 127 Å². The number of benzene rings is 1. The van der Waals surface area contributed by atoms with Crippen LogP contribution in [0.15, 0.2) is 12.1 Å². The molecule has 0 spiro atoms. The molecule has 0 unspecified atom stereocenters. The van der Waals surface area contributed by atoms with Gasteiger partial charge in [-0.05, 0) is 19.0 Å². The first kappa shape index (κ1) is 15.9. The molecule has 1 aromatic carbocycles. The molecule has 118 valence electrons. The van der Waals surface area contributed by atoms with Gasteiger partial charge < -0.3 is 19.5 Å². The number of rotatable bonds is 8. The van der Waals surface area contributed by atoms with Gasteiger partial charge in [0, 0.05) is 31.2 Å². The van der Waals surface area contributed by atoms with Gasteiger partial charge in [0.1, 0.15) is 0 Å². The molecule has 0 atom stereocenters. The minimum Gasteiger partial charge on any atom is -0.493 e. The van der Waals surface area contributed by atoms with E-state index in [-0.39, 0.29) is 0 Å². The highest BCUT2D eigenvalue weighted by Crippen LogP contribution is 2.40. The summed E-state index contributed by atoms with van der Waals surface area (Å²) in [7, 11) is 4.96. The molecule has 1 aromatic rings. The van der Waals surface area contributed by atoms with Gasteiger partial charge in [-0.3, -0.25) is 4.90 Å². The van der Waals surface area contributed by atoms with Crippen molar-refractivity contribution in [3.8, 4) is 17.2 Å². The van der Waals surface area contributed by atoms with Crippen LogP contribution in [0.3, 0.4) is 0 Å². The molecule has 0 saturated carbocycles. The molecular weight excluding hydrogens is 268 g/mol. The fourth-order valence-electron chi connectivity index (χ4n) is 2.72. The van der Waals surface area contributed by atoms with Gasteiger partial charge in [-0.15, -0.1) is 0 Å². The van der Waals surface area contributed by atoms with Crippen LogP contribution in [0.5, 0.6) is 17.2 Å². The molecule has 1 saturated heterocycles. The van der Waals surface area contributed by atoms with Crippen molar-refractivity contribution in [3.63, 3.8) is 0 Å². The maximum atomic E-state index is 5.57. The Morgan fingerprint density at radius 2 is 1.81 bits per heavy atom. The summed E-state index contributed by atoms with van der Waals surface area (Å²) in [6.45, 7) is 6.30. The molecule has 1 fully saturated rings. The topological polar surface area (TPSA) is 43.0 Å². The lowest BCUT2D eigenvalue weighted by Crippen LogP contribution is -2.56. The van der Waals surface area contributed by atoms with Crippen LogP contribution in [-0.2, 0) is 6.54 Å². The Morgan fingerprint density at radius 3 is 2.29 bits per heavy atom. The summed E-state index contributed by atoms with van der Waals surface area (Å²) >= 11 is 0. The average molecular weight is 294 g/mol. The average Bonchev–Trinajstić information content (AvgIpc) is 2.44. The van der Waals surface area contributed by atoms with Crippen LogP contribution in [0.1, 0.15) is 18.9 Å². The van der Waals surface area contributed by atoms with Crippen molar-refractivity contribution in [2.75, 3.05) is 41.0 Å². The molecule has 0 amide bonds. The molecule has 5 heteroatoms. The van der Waals surface area contributed by atoms with Crippen LogP contribution in [0.25, 0.3) is 0 Å². The highest BCUT2D eigenvalue weighted by atomic mass is 16.5. The molecular formula is C16H26N2O3. The quantitative estimate of drug-likeness (QED) is 0.793. The van der Waals surface area contributed by atoms with Crippen molar-refractivity contribution in [3.05, 3.63) is 17.7 Å². The molecule has 1 aliphatic heterocycles. The molecule has 0 aliphatic carbocycles. The van der Waals surface area contributed by atoms with Crippen molar-refractivity contribution in [2.45, 2.75) is 25.9 Å². The monoisotopic (exact) mass is 294 g/mol. The van der Waals surface area contributed by atoms with Gasteiger partial charge in [0.25, 0.3) is 0 Å². The number of nitrogens with one attached hydrogen (secondary N) is 1. The first-order valence-corrected chi connectivity index (χ1v) is 7.47. The van der Waals surface area contributed by atoms with Crippen LogP contribution in [-0.4, -0.2) is 51.9 Å². The second-order valence-electron chi connectivity index (χ2n) is 5.28. The van der Waals surface area contributed by atoms with Crippen molar-refractivity contribution in [1.82, 2.24) is 10.2 Å². The van der Waals surface area contributed by atoms with E-state index in [9.17, 15) is 0 Å². The van der Waals surface area contributed by atoms with E-state index in [1.165, 1.54) is 0 Å². The summed E-state index contributed by atoms with van der Waals surface area (Å²) in [5.74, 6) is 2.14. The smallest absolute Gasteiger partial charge is 0.203 e. The van der Waals surface area contributed by atoms with Crippen molar-refractivity contribution >= 4 is 0 Å². The maximum absolute atomic E-state index is 5.57. The van der Waals surface area contributed by atoms with Gasteiger partial charge in [0.05, 0.1) is 21.3 Å². The largest absolute Gasteiger partial charge is 0.493 e. The number of hydrogen-bond acceptors (Lipinski definition) is 5. The van der Waals surface area contributed by atoms with Crippen LogP contribution in [0.2, 0.25) is 0 Å². The zero-order valence-electron chi connectivity index (χ0n) is 13.4. The normalized spacial score (nSPS) is 14.9. The van der Waals surface area contributed by atoms with Gasteiger partial charge in [-0.25, -0.2) is 0 Å². The predicted molar refractivity (Wildman–Crippen MR) is 83.5 cm³/mol. The fourth-order valence-corrected chi connectivity index (χ4v) is 2.72. The van der Waals surface area contributed by atoms with Gasteiger partial charge >= 0.3 is 0 Å². The van der Waals surface area contributed by atoms with Crippen molar-refractivity contribution in [1.29, 1.82) is 0 Å². The van der Waals surface area contributed by atoms with Gasteiger partial charge in [-0.2, -0.15) is 0 Å². The lowest BCUT2D eigenvalue weighted by molar-refractivity contribution is 0.136. The third kappa shape index (κ3) is 3.41. The Kier molecular flexibility index (Phi) is 5.70. The molecule has 2 rings (SSSR count). The maximum Gasteiger partial charge on any atom is 0.203 e. The standard InChI is InChI=1S/C16H26N2O3/c1-5-8-18(13-9-17-10-13)11-12-6-7-14(19-2)16(21-4)15(12)20-3/h6-7,13,17H,5,8-11H2,1-4H3. The Balaban J connectivity index is 2.25. The summed E-state index contributed by atoms with van der Waals surface area (Å²) in [5, 5.41) is 3.34. The lowest BCUT2D eigenvalue weighted by Gasteiger charge is -2.38. The molecule has 0 aromatic heterocycles. The minimum atomic E-state index is 0.614. The summed E-state index contributed by atoms with van der Waals surface area (Å²) in [6, 6.07) is 4.62. The fraction of sp³-hybridized carbons (Fsp3) is 0.625. The van der Waals surface area contributed by atoms with E-state index in [4.69, 9.17) is 14.2 Å². The third-order valence-corrected chi connectivity index (χ3v) is 3.95. The Bertz CT molecular complexity index is 461. The molecule has 1 N–H and O–H groups in total. The van der Waals surface area contributed by atoms with E-state index in [0.29, 0.717) is 17.5 Å². The minimum absolute atomic E-state index is 0.614. The third-order valence-electron chi connectivity index (χ3n) is 3.95. The van der Waals surface area contributed by atoms with Gasteiger partial charge in [0.15, 0.2) is 11.5 Å².